The first-order chi connectivity index (χ1) is 7.25. The molecule has 0 radical (unpaired) electrons. The zero-order valence-electron chi connectivity index (χ0n) is 8.18. The van der Waals surface area contributed by atoms with E-state index in [2.05, 4.69) is 30.5 Å². The minimum atomic E-state index is -0.00887. The van der Waals surface area contributed by atoms with E-state index in [-0.39, 0.29) is 6.04 Å². The maximum Gasteiger partial charge on any atom is 0.146 e. The summed E-state index contributed by atoms with van der Waals surface area (Å²) in [6, 6.07) is -0.00887. The molecule has 0 aromatic carbocycles. The number of rotatable bonds is 3. The molecule has 0 amide bonds. The lowest BCUT2D eigenvalue weighted by molar-refractivity contribution is 0.789. The van der Waals surface area contributed by atoms with E-state index in [1.165, 1.54) is 12.5 Å². The van der Waals surface area contributed by atoms with Crippen molar-refractivity contribution in [1.82, 2.24) is 25.1 Å². The Morgan fingerprint density at radius 2 is 2.20 bits per heavy atom. The zero-order valence-corrected chi connectivity index (χ0v) is 8.18. The van der Waals surface area contributed by atoms with Crippen LogP contribution in [-0.4, -0.2) is 25.1 Å². The summed E-state index contributed by atoms with van der Waals surface area (Å²) in [4.78, 5) is 12.0. The van der Waals surface area contributed by atoms with Crippen LogP contribution in [0.4, 0.5) is 11.6 Å². The molecule has 15 heavy (non-hydrogen) atoms. The van der Waals surface area contributed by atoms with Crippen molar-refractivity contribution in [2.24, 2.45) is 0 Å². The molecule has 0 spiro atoms. The van der Waals surface area contributed by atoms with Crippen molar-refractivity contribution in [3.8, 4) is 0 Å². The van der Waals surface area contributed by atoms with Gasteiger partial charge in [0.1, 0.15) is 23.8 Å². The topological polar surface area (TPSA) is 105 Å². The number of nitrogens with one attached hydrogen (secondary N) is 2. The van der Waals surface area contributed by atoms with Gasteiger partial charge in [-0.05, 0) is 6.92 Å². The minimum Gasteiger partial charge on any atom is -0.382 e. The second-order valence-corrected chi connectivity index (χ2v) is 3.06. The van der Waals surface area contributed by atoms with Crippen LogP contribution in [0.2, 0.25) is 0 Å². The summed E-state index contributed by atoms with van der Waals surface area (Å²) in [6.45, 7) is 1.94. The summed E-state index contributed by atoms with van der Waals surface area (Å²) in [5.74, 6) is 1.79. The number of nitrogen functional groups attached to an aromatic ring is 1. The number of anilines is 2. The van der Waals surface area contributed by atoms with Gasteiger partial charge in [0.2, 0.25) is 0 Å². The summed E-state index contributed by atoms with van der Waals surface area (Å²) in [6.07, 6.45) is 4.53. The van der Waals surface area contributed by atoms with Gasteiger partial charge in [-0.2, -0.15) is 5.10 Å². The van der Waals surface area contributed by atoms with Gasteiger partial charge in [0.25, 0.3) is 0 Å². The number of H-pyrrole nitrogens is 1. The highest BCUT2D eigenvalue weighted by Crippen LogP contribution is 2.12. The summed E-state index contributed by atoms with van der Waals surface area (Å²) in [5, 5.41) is 9.65. The number of aromatic amines is 1. The van der Waals surface area contributed by atoms with E-state index in [0.29, 0.717) is 11.6 Å². The van der Waals surface area contributed by atoms with Gasteiger partial charge in [-0.25, -0.2) is 15.0 Å². The Morgan fingerprint density at radius 1 is 1.33 bits per heavy atom. The maximum absolute atomic E-state index is 5.42. The lowest BCUT2D eigenvalue weighted by Gasteiger charge is -2.10. The Kier molecular flexibility index (Phi) is 2.44. The molecule has 0 aliphatic rings. The Balaban J connectivity index is 2.06. The SMILES string of the molecule is CC(Nc1cnc(N)cn1)c1ncn[nH]1. The fraction of sp³-hybridized carbons (Fsp3) is 0.250. The number of hydrogen-bond acceptors (Lipinski definition) is 6. The Bertz CT molecular complexity index is 407. The first kappa shape index (κ1) is 9.38. The normalized spacial score (nSPS) is 12.3. The van der Waals surface area contributed by atoms with Crippen molar-refractivity contribution < 1.29 is 0 Å². The molecule has 0 aliphatic carbocycles. The zero-order chi connectivity index (χ0) is 10.7. The fourth-order valence-corrected chi connectivity index (χ4v) is 1.13. The predicted octanol–water partition coefficient (Wildman–Crippen LogP) is 0.350. The predicted molar refractivity (Wildman–Crippen MR) is 54.9 cm³/mol. The second-order valence-electron chi connectivity index (χ2n) is 3.06. The van der Waals surface area contributed by atoms with Gasteiger partial charge < -0.3 is 11.1 Å². The van der Waals surface area contributed by atoms with Crippen molar-refractivity contribution >= 4 is 11.6 Å². The van der Waals surface area contributed by atoms with Crippen LogP contribution in [-0.2, 0) is 0 Å². The average Bonchev–Trinajstić information content (AvgIpc) is 2.74. The summed E-state index contributed by atoms with van der Waals surface area (Å²) in [5.41, 5.74) is 5.42. The third-order valence-electron chi connectivity index (χ3n) is 1.88. The third kappa shape index (κ3) is 2.19. The van der Waals surface area contributed by atoms with Gasteiger partial charge in [-0.1, -0.05) is 0 Å². The van der Waals surface area contributed by atoms with E-state index in [9.17, 15) is 0 Å². The molecule has 0 saturated carbocycles. The van der Waals surface area contributed by atoms with Crippen LogP contribution < -0.4 is 11.1 Å². The van der Waals surface area contributed by atoms with Crippen molar-refractivity contribution in [2.75, 3.05) is 11.1 Å². The molecule has 7 heteroatoms. The van der Waals surface area contributed by atoms with Gasteiger partial charge in [-0.3, -0.25) is 5.10 Å². The molecule has 7 nitrogen and oxygen atoms in total. The number of nitrogens with two attached hydrogens (primary N) is 1. The van der Waals surface area contributed by atoms with Crippen LogP contribution >= 0.6 is 0 Å². The number of aromatic nitrogens is 5. The highest BCUT2D eigenvalue weighted by atomic mass is 15.2. The van der Waals surface area contributed by atoms with E-state index in [1.54, 1.807) is 6.20 Å². The van der Waals surface area contributed by atoms with E-state index < -0.39 is 0 Å². The quantitative estimate of drug-likeness (QED) is 0.667. The van der Waals surface area contributed by atoms with E-state index in [4.69, 9.17) is 5.73 Å². The molecule has 0 aliphatic heterocycles. The summed E-state index contributed by atoms with van der Waals surface area (Å²) >= 11 is 0. The Morgan fingerprint density at radius 3 is 2.80 bits per heavy atom. The van der Waals surface area contributed by atoms with Crippen molar-refractivity contribution in [1.29, 1.82) is 0 Å². The molecule has 2 rings (SSSR count). The van der Waals surface area contributed by atoms with Crippen molar-refractivity contribution in [3.63, 3.8) is 0 Å². The molecule has 1 unspecified atom stereocenters. The smallest absolute Gasteiger partial charge is 0.146 e. The van der Waals surface area contributed by atoms with E-state index in [0.717, 1.165) is 5.82 Å². The standard InChI is InChI=1S/C8H11N7/c1-5(8-12-4-13-15-8)14-7-3-10-6(9)2-11-7/h2-5H,1H3,(H2,9,10)(H,11,14)(H,12,13,15). The Hall–Kier alpha value is -2.18. The number of hydrogen-bond donors (Lipinski definition) is 3. The van der Waals surface area contributed by atoms with Gasteiger partial charge >= 0.3 is 0 Å². The van der Waals surface area contributed by atoms with Crippen molar-refractivity contribution in [2.45, 2.75) is 13.0 Å². The summed E-state index contributed by atoms with van der Waals surface area (Å²) < 4.78 is 0. The molecule has 0 bridgehead atoms. The molecule has 1 atom stereocenters. The molecular weight excluding hydrogens is 194 g/mol. The van der Waals surface area contributed by atoms with Crippen LogP contribution in [0.5, 0.6) is 0 Å². The highest BCUT2D eigenvalue weighted by Gasteiger charge is 2.08. The largest absolute Gasteiger partial charge is 0.382 e. The lowest BCUT2D eigenvalue weighted by atomic mass is 10.3. The second kappa shape index (κ2) is 3.91. The van der Waals surface area contributed by atoms with Crippen molar-refractivity contribution in [3.05, 3.63) is 24.5 Å². The average molecular weight is 205 g/mol. The molecule has 4 N–H and O–H groups in total. The van der Waals surface area contributed by atoms with Gasteiger partial charge in [0, 0.05) is 0 Å². The van der Waals surface area contributed by atoms with Crippen LogP contribution in [0.25, 0.3) is 0 Å². The van der Waals surface area contributed by atoms with Gasteiger partial charge in [0.15, 0.2) is 0 Å². The summed E-state index contributed by atoms with van der Waals surface area (Å²) in [7, 11) is 0. The maximum atomic E-state index is 5.42. The molecule has 0 fully saturated rings. The highest BCUT2D eigenvalue weighted by molar-refractivity contribution is 5.37. The minimum absolute atomic E-state index is 0.00887. The first-order valence-corrected chi connectivity index (χ1v) is 4.45. The third-order valence-corrected chi connectivity index (χ3v) is 1.88. The van der Waals surface area contributed by atoms with Gasteiger partial charge in [0.05, 0.1) is 18.4 Å². The molecule has 2 aromatic rings. The first-order valence-electron chi connectivity index (χ1n) is 4.45. The molecule has 2 aromatic heterocycles. The van der Waals surface area contributed by atoms with Gasteiger partial charge in [-0.15, -0.1) is 0 Å². The van der Waals surface area contributed by atoms with E-state index in [1.807, 2.05) is 6.92 Å². The molecular formula is C8H11N7. The molecule has 78 valence electrons. The molecule has 2 heterocycles. The van der Waals surface area contributed by atoms with E-state index >= 15 is 0 Å². The van der Waals surface area contributed by atoms with Crippen LogP contribution in [0.15, 0.2) is 18.7 Å². The monoisotopic (exact) mass is 205 g/mol. The Labute approximate surface area is 86.2 Å². The molecule has 0 saturated heterocycles. The lowest BCUT2D eigenvalue weighted by Crippen LogP contribution is -2.10. The van der Waals surface area contributed by atoms with Crippen LogP contribution in [0.1, 0.15) is 18.8 Å². The fourth-order valence-electron chi connectivity index (χ4n) is 1.13. The van der Waals surface area contributed by atoms with Crippen LogP contribution in [0.3, 0.4) is 0 Å². The number of nitrogens with zero attached hydrogens (tertiary/aromatic N) is 4. The van der Waals surface area contributed by atoms with Crippen LogP contribution in [0, 0.1) is 0 Å².